The Morgan fingerprint density at radius 1 is 1.06 bits per heavy atom. The van der Waals surface area contributed by atoms with Gasteiger partial charge in [-0.15, -0.1) is 24.0 Å². The van der Waals surface area contributed by atoms with E-state index in [-0.39, 0.29) is 24.0 Å². The maximum Gasteiger partial charge on any atom is 0.191 e. The summed E-state index contributed by atoms with van der Waals surface area (Å²) in [5.41, 5.74) is 2.22. The first-order valence-corrected chi connectivity index (χ1v) is 12.9. The molecule has 0 atom stereocenters. The number of hydrogen-bond acceptors (Lipinski definition) is 5. The number of nitrogens with zero attached hydrogens (tertiary/aromatic N) is 3. The summed E-state index contributed by atoms with van der Waals surface area (Å²) < 4.78 is 23.2. The number of benzene rings is 1. The van der Waals surface area contributed by atoms with Gasteiger partial charge in [0.05, 0.1) is 11.4 Å². The lowest BCUT2D eigenvalue weighted by atomic mass is 10.1. The molecule has 0 bridgehead atoms. The maximum atomic E-state index is 11.6. The van der Waals surface area contributed by atoms with Gasteiger partial charge in [-0.3, -0.25) is 0 Å². The summed E-state index contributed by atoms with van der Waals surface area (Å²) in [7, 11) is -3.16. The van der Waals surface area contributed by atoms with Crippen molar-refractivity contribution in [3.8, 4) is 0 Å². The molecule has 0 unspecified atom stereocenters. The largest absolute Gasteiger partial charge is 0.357 e. The van der Waals surface area contributed by atoms with Crippen LogP contribution in [0.2, 0.25) is 0 Å². The highest BCUT2D eigenvalue weighted by atomic mass is 127. The van der Waals surface area contributed by atoms with Crippen LogP contribution >= 0.6 is 24.0 Å². The Bertz CT molecular complexity index is 974. The highest BCUT2D eigenvalue weighted by Gasteiger charge is 2.12. The molecule has 0 aliphatic carbocycles. The third-order valence-electron chi connectivity index (χ3n) is 5.31. The number of hydrogen-bond donors (Lipinski definition) is 2. The zero-order chi connectivity index (χ0) is 22.1. The molecule has 2 heterocycles. The van der Waals surface area contributed by atoms with Gasteiger partial charge in [0.15, 0.2) is 15.8 Å². The van der Waals surface area contributed by atoms with E-state index in [2.05, 4.69) is 26.6 Å². The Hall–Kier alpha value is -1.88. The van der Waals surface area contributed by atoms with Crippen LogP contribution in [-0.4, -0.2) is 51.8 Å². The van der Waals surface area contributed by atoms with E-state index in [1.807, 2.05) is 31.3 Å². The number of aliphatic imine (C=N–C) groups is 1. The maximum absolute atomic E-state index is 11.6. The molecule has 7 nitrogen and oxygen atoms in total. The molecular formula is C23H34IN5O2S. The van der Waals surface area contributed by atoms with Crippen LogP contribution in [0.3, 0.4) is 0 Å². The zero-order valence-electron chi connectivity index (χ0n) is 18.9. The molecule has 1 aliphatic rings. The van der Waals surface area contributed by atoms with Crippen molar-refractivity contribution in [1.82, 2.24) is 15.6 Å². The summed E-state index contributed by atoms with van der Waals surface area (Å²) in [6.07, 6.45) is 7.64. The predicted octanol–water partition coefficient (Wildman–Crippen LogP) is 3.39. The second-order valence-electron chi connectivity index (χ2n) is 7.86. The van der Waals surface area contributed by atoms with E-state index in [4.69, 9.17) is 4.99 Å². The average molecular weight is 572 g/mol. The minimum absolute atomic E-state index is 0. The van der Waals surface area contributed by atoms with Crippen molar-refractivity contribution in [1.29, 1.82) is 0 Å². The summed E-state index contributed by atoms with van der Waals surface area (Å²) in [5.74, 6) is 1.81. The molecule has 2 aromatic rings. The minimum Gasteiger partial charge on any atom is -0.357 e. The van der Waals surface area contributed by atoms with Gasteiger partial charge in [-0.25, -0.2) is 18.4 Å². The summed E-state index contributed by atoms with van der Waals surface area (Å²) in [6, 6.07) is 11.2. The van der Waals surface area contributed by atoms with Crippen LogP contribution in [0.1, 0.15) is 37.3 Å². The fourth-order valence-corrected chi connectivity index (χ4v) is 4.23. The summed E-state index contributed by atoms with van der Waals surface area (Å²) in [6.45, 7) is 6.28. The number of piperidine rings is 1. The molecule has 1 saturated heterocycles. The average Bonchev–Trinajstić information content (AvgIpc) is 2.78. The third kappa shape index (κ3) is 8.23. The first-order valence-electron chi connectivity index (χ1n) is 11.0. The molecule has 0 amide bonds. The number of pyridine rings is 1. The van der Waals surface area contributed by atoms with Crippen molar-refractivity contribution in [2.45, 2.75) is 44.0 Å². The Balaban J connectivity index is 0.00000363. The molecule has 0 saturated carbocycles. The molecule has 1 fully saturated rings. The monoisotopic (exact) mass is 571 g/mol. The van der Waals surface area contributed by atoms with Crippen LogP contribution in [0.15, 0.2) is 52.5 Å². The van der Waals surface area contributed by atoms with Crippen LogP contribution in [-0.2, 0) is 22.8 Å². The van der Waals surface area contributed by atoms with E-state index in [0.717, 1.165) is 49.0 Å². The smallest absolute Gasteiger partial charge is 0.191 e. The van der Waals surface area contributed by atoms with Gasteiger partial charge in [-0.1, -0.05) is 12.1 Å². The fraction of sp³-hybridized carbons (Fsp3) is 0.478. The molecule has 0 radical (unpaired) electrons. The van der Waals surface area contributed by atoms with Crippen LogP contribution in [0.5, 0.6) is 0 Å². The van der Waals surface area contributed by atoms with Gasteiger partial charge in [0, 0.05) is 38.6 Å². The van der Waals surface area contributed by atoms with E-state index in [1.165, 1.54) is 25.5 Å². The fourth-order valence-electron chi connectivity index (χ4n) is 3.60. The Morgan fingerprint density at radius 2 is 1.78 bits per heavy atom. The Kier molecular flexibility index (Phi) is 10.7. The molecule has 0 spiro atoms. The molecule has 176 valence electrons. The normalized spacial score (nSPS) is 14.6. The summed E-state index contributed by atoms with van der Waals surface area (Å²) in [4.78, 5) is 12.0. The van der Waals surface area contributed by atoms with Crippen molar-refractivity contribution >= 4 is 45.6 Å². The van der Waals surface area contributed by atoms with Gasteiger partial charge in [-0.05, 0) is 68.0 Å². The summed E-state index contributed by atoms with van der Waals surface area (Å²) in [5, 5.41) is 6.64. The quantitative estimate of drug-likeness (QED) is 0.287. The van der Waals surface area contributed by atoms with Crippen LogP contribution in [0.4, 0.5) is 5.82 Å². The number of guanidine groups is 1. The molecule has 1 aromatic heterocycles. The first kappa shape index (κ1) is 26.4. The van der Waals surface area contributed by atoms with E-state index < -0.39 is 9.84 Å². The number of halogens is 1. The van der Waals surface area contributed by atoms with E-state index in [0.29, 0.717) is 18.0 Å². The van der Waals surface area contributed by atoms with Gasteiger partial charge >= 0.3 is 0 Å². The van der Waals surface area contributed by atoms with E-state index >= 15 is 0 Å². The van der Waals surface area contributed by atoms with Gasteiger partial charge in [0.1, 0.15) is 5.82 Å². The Morgan fingerprint density at radius 3 is 2.44 bits per heavy atom. The molecular weight excluding hydrogens is 537 g/mol. The van der Waals surface area contributed by atoms with Crippen molar-refractivity contribution in [2.75, 3.05) is 37.3 Å². The molecule has 3 rings (SSSR count). The second-order valence-corrected chi connectivity index (χ2v) is 9.87. The highest BCUT2D eigenvalue weighted by molar-refractivity contribution is 14.0. The Labute approximate surface area is 209 Å². The van der Waals surface area contributed by atoms with Gasteiger partial charge in [0.25, 0.3) is 0 Å². The topological polar surface area (TPSA) is 86.7 Å². The first-order chi connectivity index (χ1) is 15.0. The number of anilines is 1. The lowest BCUT2D eigenvalue weighted by Crippen LogP contribution is -2.38. The van der Waals surface area contributed by atoms with Crippen LogP contribution in [0.25, 0.3) is 0 Å². The molecule has 9 heteroatoms. The number of aromatic nitrogens is 1. The third-order valence-corrected chi connectivity index (χ3v) is 6.44. The van der Waals surface area contributed by atoms with Crippen molar-refractivity contribution in [2.24, 2.45) is 4.99 Å². The molecule has 32 heavy (non-hydrogen) atoms. The van der Waals surface area contributed by atoms with Crippen LogP contribution < -0.4 is 15.5 Å². The van der Waals surface area contributed by atoms with E-state index in [1.54, 1.807) is 12.1 Å². The standard InChI is InChI=1S/C23H33N5O2S.HI/c1-3-24-23(26-14-11-19-7-9-21(10-8-19)31(2,29)30)27-18-20-12-13-25-22(17-20)28-15-5-4-6-16-28;/h7-10,12-13,17H,3-6,11,14-16,18H2,1-2H3,(H2,24,26,27);1H. The summed E-state index contributed by atoms with van der Waals surface area (Å²) >= 11 is 0. The number of rotatable bonds is 8. The van der Waals surface area contributed by atoms with E-state index in [9.17, 15) is 8.42 Å². The zero-order valence-corrected chi connectivity index (χ0v) is 22.0. The second kappa shape index (κ2) is 13.0. The van der Waals surface area contributed by atoms with Gasteiger partial charge in [-0.2, -0.15) is 0 Å². The number of sulfone groups is 1. The molecule has 2 N–H and O–H groups in total. The molecule has 1 aromatic carbocycles. The van der Waals surface area contributed by atoms with Crippen molar-refractivity contribution in [3.63, 3.8) is 0 Å². The number of nitrogens with one attached hydrogen (secondary N) is 2. The van der Waals surface area contributed by atoms with Crippen molar-refractivity contribution in [3.05, 3.63) is 53.7 Å². The van der Waals surface area contributed by atoms with Gasteiger partial charge in [0.2, 0.25) is 0 Å². The minimum atomic E-state index is -3.16. The SMILES string of the molecule is CCNC(=NCc1ccnc(N2CCCCC2)c1)NCCc1ccc(S(C)(=O)=O)cc1.I. The predicted molar refractivity (Wildman–Crippen MR) is 142 cm³/mol. The van der Waals surface area contributed by atoms with Crippen LogP contribution in [0, 0.1) is 0 Å². The lowest BCUT2D eigenvalue weighted by Gasteiger charge is -2.27. The van der Waals surface area contributed by atoms with Gasteiger partial charge < -0.3 is 15.5 Å². The molecule has 1 aliphatic heterocycles. The lowest BCUT2D eigenvalue weighted by molar-refractivity contribution is 0.573. The van der Waals surface area contributed by atoms with Crippen molar-refractivity contribution < 1.29 is 8.42 Å². The highest BCUT2D eigenvalue weighted by Crippen LogP contribution is 2.18.